The van der Waals surface area contributed by atoms with E-state index in [1.165, 1.54) is 34.6 Å². The summed E-state index contributed by atoms with van der Waals surface area (Å²) in [6.45, 7) is 2.65. The number of phenols is 1. The molecule has 6 nitrogen and oxygen atoms in total. The molecule has 7 rings (SSSR count). The van der Waals surface area contributed by atoms with E-state index in [2.05, 4.69) is 48.2 Å². The predicted octanol–water partition coefficient (Wildman–Crippen LogP) is 6.49. The maximum Gasteiger partial charge on any atom is 0.261 e. The molecule has 4 aromatic rings. The molecule has 1 aliphatic carbocycles. The second-order valence-electron chi connectivity index (χ2n) is 11.3. The molecule has 2 heterocycles. The Hall–Kier alpha value is -4.58. The lowest BCUT2D eigenvalue weighted by Crippen LogP contribution is -2.42. The highest BCUT2D eigenvalue weighted by Gasteiger charge is 2.36. The smallest absolute Gasteiger partial charge is 0.261 e. The van der Waals surface area contributed by atoms with Gasteiger partial charge in [-0.3, -0.25) is 14.5 Å². The Bertz CT molecular complexity index is 1590. The van der Waals surface area contributed by atoms with Crippen molar-refractivity contribution in [1.82, 2.24) is 4.90 Å². The molecule has 2 aliphatic heterocycles. The molecule has 4 aromatic carbocycles. The average molecular weight is 545 g/mol. The Kier molecular flexibility index (Phi) is 6.26. The first kappa shape index (κ1) is 25.4. The van der Waals surface area contributed by atoms with Gasteiger partial charge in [-0.25, -0.2) is 0 Å². The fourth-order valence-electron chi connectivity index (χ4n) is 6.38. The molecule has 0 aromatic heterocycles. The van der Waals surface area contributed by atoms with Crippen molar-refractivity contribution >= 4 is 17.5 Å². The van der Waals surface area contributed by atoms with Gasteiger partial charge >= 0.3 is 0 Å². The molecule has 0 radical (unpaired) electrons. The van der Waals surface area contributed by atoms with Crippen molar-refractivity contribution in [2.75, 3.05) is 18.1 Å². The van der Waals surface area contributed by atoms with Gasteiger partial charge < -0.3 is 14.7 Å². The number of ether oxygens (including phenoxy) is 1. The summed E-state index contributed by atoms with van der Waals surface area (Å²) in [6.07, 6.45) is 3.42. The third-order valence-corrected chi connectivity index (χ3v) is 8.59. The zero-order valence-electron chi connectivity index (χ0n) is 23.0. The topological polar surface area (TPSA) is 70.1 Å². The predicted molar refractivity (Wildman–Crippen MR) is 158 cm³/mol. The summed E-state index contributed by atoms with van der Waals surface area (Å²) in [5, 5.41) is 10.2. The number of rotatable bonds is 7. The normalized spacial score (nSPS) is 19.7. The number of hydrogen-bond donors (Lipinski definition) is 1. The van der Waals surface area contributed by atoms with Crippen LogP contribution in [-0.4, -0.2) is 41.0 Å². The first-order valence-electron chi connectivity index (χ1n) is 14.4. The molecule has 0 saturated heterocycles. The Morgan fingerprint density at radius 3 is 2.15 bits per heavy atom. The van der Waals surface area contributed by atoms with E-state index < -0.39 is 0 Å². The van der Waals surface area contributed by atoms with Crippen LogP contribution in [0.4, 0.5) is 5.69 Å². The van der Waals surface area contributed by atoms with Crippen LogP contribution in [0.15, 0.2) is 91.0 Å². The van der Waals surface area contributed by atoms with Crippen molar-refractivity contribution in [3.8, 4) is 11.5 Å². The summed E-state index contributed by atoms with van der Waals surface area (Å²) >= 11 is 0. The summed E-state index contributed by atoms with van der Waals surface area (Å²) in [7, 11) is 0. The van der Waals surface area contributed by atoms with Crippen molar-refractivity contribution in [3.05, 3.63) is 124 Å². The number of fused-ring (bicyclic) bond motifs is 2. The zero-order chi connectivity index (χ0) is 28.1. The van der Waals surface area contributed by atoms with Gasteiger partial charge in [-0.15, -0.1) is 0 Å². The minimum atomic E-state index is -0.272. The number of hydrogen-bond acceptors (Lipinski definition) is 5. The van der Waals surface area contributed by atoms with E-state index in [0.717, 1.165) is 17.5 Å². The highest BCUT2D eigenvalue weighted by molar-refractivity contribution is 6.21. The molecule has 206 valence electrons. The number of carbonyl (C=O) groups is 2. The van der Waals surface area contributed by atoms with E-state index in [4.69, 9.17) is 4.74 Å². The number of nitrogens with zero attached hydrogens (tertiary/aromatic N) is 2. The Morgan fingerprint density at radius 2 is 1.49 bits per heavy atom. The quantitative estimate of drug-likeness (QED) is 0.270. The van der Waals surface area contributed by atoms with Crippen LogP contribution in [-0.2, 0) is 6.42 Å². The lowest BCUT2D eigenvalue weighted by atomic mass is 9.84. The second kappa shape index (κ2) is 10.1. The van der Waals surface area contributed by atoms with E-state index in [9.17, 15) is 14.7 Å². The van der Waals surface area contributed by atoms with Gasteiger partial charge in [-0.1, -0.05) is 42.5 Å². The van der Waals surface area contributed by atoms with Crippen LogP contribution < -0.4 is 9.64 Å². The van der Waals surface area contributed by atoms with Gasteiger partial charge in [0.25, 0.3) is 11.8 Å². The van der Waals surface area contributed by atoms with E-state index in [0.29, 0.717) is 28.5 Å². The van der Waals surface area contributed by atoms with E-state index in [-0.39, 0.29) is 37.0 Å². The van der Waals surface area contributed by atoms with Crippen molar-refractivity contribution in [1.29, 1.82) is 0 Å². The lowest BCUT2D eigenvalue weighted by Gasteiger charge is -2.44. The number of benzene rings is 4. The Balaban J connectivity index is 1.11. The maximum absolute atomic E-state index is 12.6. The maximum atomic E-state index is 12.6. The fourth-order valence-corrected chi connectivity index (χ4v) is 6.38. The van der Waals surface area contributed by atoms with Crippen LogP contribution in [0.1, 0.15) is 74.7 Å². The van der Waals surface area contributed by atoms with Gasteiger partial charge in [0.1, 0.15) is 18.1 Å². The molecule has 2 amide bonds. The van der Waals surface area contributed by atoms with Gasteiger partial charge in [0, 0.05) is 11.7 Å². The summed E-state index contributed by atoms with van der Waals surface area (Å²) in [5.74, 6) is 1.14. The largest absolute Gasteiger partial charge is 0.508 e. The van der Waals surface area contributed by atoms with Gasteiger partial charge in [-0.05, 0) is 103 Å². The number of phenolic OH excluding ortho intramolecular Hbond substituents is 1. The number of aromatic hydroxyl groups is 1. The van der Waals surface area contributed by atoms with E-state index in [1.54, 1.807) is 30.3 Å². The molecular weight excluding hydrogens is 512 g/mol. The monoisotopic (exact) mass is 544 g/mol. The molecule has 2 atom stereocenters. The molecule has 1 unspecified atom stereocenters. The number of anilines is 1. The van der Waals surface area contributed by atoms with Crippen LogP contribution in [0.5, 0.6) is 11.5 Å². The third kappa shape index (κ3) is 4.63. The molecule has 1 N–H and O–H groups in total. The number of amides is 2. The molecular formula is C35H32N2O4. The first-order valence-corrected chi connectivity index (χ1v) is 14.4. The van der Waals surface area contributed by atoms with Gasteiger partial charge in [-0.2, -0.15) is 0 Å². The van der Waals surface area contributed by atoms with Crippen molar-refractivity contribution in [3.63, 3.8) is 0 Å². The summed E-state index contributed by atoms with van der Waals surface area (Å²) in [5.41, 5.74) is 6.98. The first-order chi connectivity index (χ1) is 20.0. The summed E-state index contributed by atoms with van der Waals surface area (Å²) in [4.78, 5) is 29.0. The lowest BCUT2D eigenvalue weighted by molar-refractivity contribution is 0.0631. The van der Waals surface area contributed by atoms with Crippen LogP contribution >= 0.6 is 0 Å². The molecule has 1 fully saturated rings. The van der Waals surface area contributed by atoms with Crippen LogP contribution in [0.3, 0.4) is 0 Å². The summed E-state index contributed by atoms with van der Waals surface area (Å²) in [6, 6.07) is 29.9. The molecule has 0 bridgehead atoms. The van der Waals surface area contributed by atoms with Crippen LogP contribution in [0.25, 0.3) is 0 Å². The van der Waals surface area contributed by atoms with Crippen molar-refractivity contribution in [2.45, 2.75) is 44.2 Å². The molecule has 1 saturated carbocycles. The molecule has 41 heavy (non-hydrogen) atoms. The fraction of sp³-hybridized carbons (Fsp3) is 0.257. The van der Waals surface area contributed by atoms with E-state index >= 15 is 0 Å². The SMILES string of the molecule is C[C@@H]1Cc2cc(O)ccc2C(c2ccc(OCCN3C(=O)c4ccccc4C3=O)cc2)N1c1ccc(C2CC2)cc1. The van der Waals surface area contributed by atoms with Gasteiger partial charge in [0.15, 0.2) is 0 Å². The zero-order valence-corrected chi connectivity index (χ0v) is 23.0. The highest BCUT2D eigenvalue weighted by Crippen LogP contribution is 2.44. The Morgan fingerprint density at radius 1 is 0.829 bits per heavy atom. The molecule has 3 aliphatic rings. The molecule has 0 spiro atoms. The van der Waals surface area contributed by atoms with E-state index in [1.807, 2.05) is 24.3 Å². The van der Waals surface area contributed by atoms with Crippen LogP contribution in [0, 0.1) is 0 Å². The average Bonchev–Trinajstić information content (AvgIpc) is 3.81. The van der Waals surface area contributed by atoms with Gasteiger partial charge in [0.05, 0.1) is 23.7 Å². The summed E-state index contributed by atoms with van der Waals surface area (Å²) < 4.78 is 5.97. The standard InChI is InChI=1S/C35H32N2O4/c1-22-20-26-21-28(38)14-17-30(26)33(37(22)27-12-8-24(9-13-27)23-6-7-23)25-10-15-29(16-11-25)41-19-18-36-34(39)31-4-2-3-5-32(31)35(36)40/h2-5,8-17,21-23,33,38H,6-7,18-20H2,1H3/t22-,33?/m1/s1. The van der Waals surface area contributed by atoms with Gasteiger partial charge in [0.2, 0.25) is 0 Å². The third-order valence-electron chi connectivity index (χ3n) is 8.59. The minimum absolute atomic E-state index is 0.0199. The number of imide groups is 1. The van der Waals surface area contributed by atoms with Crippen LogP contribution in [0.2, 0.25) is 0 Å². The van der Waals surface area contributed by atoms with Crippen molar-refractivity contribution < 1.29 is 19.4 Å². The highest BCUT2D eigenvalue weighted by atomic mass is 16.5. The number of carbonyl (C=O) groups excluding carboxylic acids is 2. The molecule has 6 heteroatoms. The Labute approximate surface area is 239 Å². The van der Waals surface area contributed by atoms with Crippen molar-refractivity contribution in [2.24, 2.45) is 0 Å². The second-order valence-corrected chi connectivity index (χ2v) is 11.3. The minimum Gasteiger partial charge on any atom is -0.508 e.